The van der Waals surface area contributed by atoms with E-state index in [0.717, 1.165) is 70.5 Å². The molecular formula is C25H25Cl2NO3. The summed E-state index contributed by atoms with van der Waals surface area (Å²) in [7, 11) is 0. The van der Waals surface area contributed by atoms with E-state index in [0.29, 0.717) is 16.7 Å². The fraction of sp³-hybridized carbons (Fsp3) is 0.320. The fourth-order valence-corrected chi connectivity index (χ4v) is 4.66. The number of nitrogens with zero attached hydrogens (tertiary/aromatic N) is 1. The minimum atomic E-state index is 0.0448. The highest BCUT2D eigenvalue weighted by atomic mass is 35.5. The van der Waals surface area contributed by atoms with E-state index < -0.39 is 0 Å². The third kappa shape index (κ3) is 4.19. The van der Waals surface area contributed by atoms with Crippen LogP contribution in [0.4, 0.5) is 0 Å². The van der Waals surface area contributed by atoms with Crippen molar-refractivity contribution >= 4 is 45.7 Å². The SMILES string of the molecule is CCOc1c(/C(C)=C/C(=O)N2CCCC2)cc2c(-c3ccc(Cl)cc3Cl)coc2c1C. The Morgan fingerprint density at radius 1 is 1.19 bits per heavy atom. The van der Waals surface area contributed by atoms with Gasteiger partial charge in [-0.1, -0.05) is 29.3 Å². The van der Waals surface area contributed by atoms with Crippen LogP contribution in [0.5, 0.6) is 5.75 Å². The zero-order valence-electron chi connectivity index (χ0n) is 17.9. The van der Waals surface area contributed by atoms with Gasteiger partial charge in [0.1, 0.15) is 11.3 Å². The van der Waals surface area contributed by atoms with Gasteiger partial charge in [-0.2, -0.15) is 0 Å². The van der Waals surface area contributed by atoms with E-state index in [2.05, 4.69) is 0 Å². The van der Waals surface area contributed by atoms with Gasteiger partial charge in [-0.25, -0.2) is 0 Å². The molecule has 1 aliphatic rings. The van der Waals surface area contributed by atoms with Gasteiger partial charge in [0, 0.05) is 51.8 Å². The number of hydrogen-bond donors (Lipinski definition) is 0. The Kier molecular flexibility index (Phi) is 6.31. The van der Waals surface area contributed by atoms with E-state index in [1.165, 1.54) is 0 Å². The average Bonchev–Trinajstić information content (AvgIpc) is 3.40. The van der Waals surface area contributed by atoms with Crippen molar-refractivity contribution in [2.45, 2.75) is 33.6 Å². The van der Waals surface area contributed by atoms with Crippen molar-refractivity contribution in [2.75, 3.05) is 19.7 Å². The molecule has 1 aliphatic heterocycles. The summed E-state index contributed by atoms with van der Waals surface area (Å²) in [6.45, 7) is 8.03. The van der Waals surface area contributed by atoms with Gasteiger partial charge in [-0.15, -0.1) is 0 Å². The van der Waals surface area contributed by atoms with E-state index in [9.17, 15) is 4.79 Å². The molecule has 31 heavy (non-hydrogen) atoms. The van der Waals surface area contributed by atoms with Gasteiger partial charge in [0.15, 0.2) is 0 Å². The van der Waals surface area contributed by atoms with Crippen molar-refractivity contribution in [1.82, 2.24) is 4.90 Å². The van der Waals surface area contributed by atoms with Crippen molar-refractivity contribution in [3.63, 3.8) is 0 Å². The first-order valence-corrected chi connectivity index (χ1v) is 11.3. The van der Waals surface area contributed by atoms with Crippen molar-refractivity contribution in [3.8, 4) is 16.9 Å². The smallest absolute Gasteiger partial charge is 0.246 e. The Labute approximate surface area is 192 Å². The van der Waals surface area contributed by atoms with Crippen LogP contribution < -0.4 is 4.74 Å². The highest BCUT2D eigenvalue weighted by Gasteiger charge is 2.21. The highest BCUT2D eigenvalue weighted by Crippen LogP contribution is 2.42. The summed E-state index contributed by atoms with van der Waals surface area (Å²) in [6.07, 6.45) is 5.55. The molecule has 6 heteroatoms. The predicted molar refractivity (Wildman–Crippen MR) is 127 cm³/mol. The monoisotopic (exact) mass is 457 g/mol. The van der Waals surface area contributed by atoms with E-state index in [4.69, 9.17) is 32.4 Å². The molecule has 1 saturated heterocycles. The predicted octanol–water partition coefficient (Wildman–Crippen LogP) is 7.14. The Morgan fingerprint density at radius 3 is 2.61 bits per heavy atom. The molecule has 1 fully saturated rings. The standard InChI is InChI=1S/C25H25Cl2NO3/c1-4-30-24-16(3)25-20(21(14-31-25)18-8-7-17(26)12-22(18)27)13-19(24)15(2)11-23(29)28-9-5-6-10-28/h7-8,11-14H,4-6,9-10H2,1-3H3/b15-11+. The minimum Gasteiger partial charge on any atom is -0.493 e. The number of allylic oxidation sites excluding steroid dienone is 1. The molecule has 0 N–H and O–H groups in total. The minimum absolute atomic E-state index is 0.0448. The molecule has 2 heterocycles. The summed E-state index contributed by atoms with van der Waals surface area (Å²) in [5.41, 5.74) is 5.10. The first kappa shape index (κ1) is 21.8. The van der Waals surface area contributed by atoms with Gasteiger partial charge in [-0.3, -0.25) is 4.79 Å². The number of carbonyl (C=O) groups excluding carboxylic acids is 1. The summed E-state index contributed by atoms with van der Waals surface area (Å²) in [5, 5.41) is 2.05. The van der Waals surface area contributed by atoms with Gasteiger partial charge in [-0.05, 0) is 57.4 Å². The van der Waals surface area contributed by atoms with Crippen molar-refractivity contribution in [1.29, 1.82) is 0 Å². The summed E-state index contributed by atoms with van der Waals surface area (Å²) in [6, 6.07) is 7.45. The first-order valence-electron chi connectivity index (χ1n) is 10.5. The largest absolute Gasteiger partial charge is 0.493 e. The number of amides is 1. The highest BCUT2D eigenvalue weighted by molar-refractivity contribution is 6.36. The van der Waals surface area contributed by atoms with E-state index in [-0.39, 0.29) is 5.91 Å². The van der Waals surface area contributed by atoms with Crippen LogP contribution in [-0.4, -0.2) is 30.5 Å². The lowest BCUT2D eigenvalue weighted by Gasteiger charge is -2.16. The number of fused-ring (bicyclic) bond motifs is 1. The van der Waals surface area contributed by atoms with E-state index in [1.54, 1.807) is 18.4 Å². The van der Waals surface area contributed by atoms with Crippen LogP contribution in [-0.2, 0) is 4.79 Å². The molecule has 0 bridgehead atoms. The molecular weight excluding hydrogens is 433 g/mol. The maximum atomic E-state index is 12.7. The molecule has 0 radical (unpaired) electrons. The second kappa shape index (κ2) is 8.97. The lowest BCUT2D eigenvalue weighted by molar-refractivity contribution is -0.124. The zero-order valence-corrected chi connectivity index (χ0v) is 19.4. The molecule has 0 spiro atoms. The molecule has 0 unspecified atom stereocenters. The van der Waals surface area contributed by atoms with Gasteiger partial charge in [0.05, 0.1) is 17.9 Å². The maximum absolute atomic E-state index is 12.7. The second-order valence-electron chi connectivity index (χ2n) is 7.82. The lowest BCUT2D eigenvalue weighted by atomic mass is 9.96. The number of furan rings is 1. The van der Waals surface area contributed by atoms with E-state index >= 15 is 0 Å². The summed E-state index contributed by atoms with van der Waals surface area (Å²) in [5.74, 6) is 0.782. The Bertz CT molecular complexity index is 1170. The number of hydrogen-bond acceptors (Lipinski definition) is 3. The average molecular weight is 458 g/mol. The molecule has 0 atom stereocenters. The molecule has 0 aliphatic carbocycles. The lowest BCUT2D eigenvalue weighted by Crippen LogP contribution is -2.25. The van der Waals surface area contributed by atoms with Crippen LogP contribution in [0.2, 0.25) is 10.0 Å². The normalized spacial score (nSPS) is 14.5. The summed E-state index contributed by atoms with van der Waals surface area (Å²) in [4.78, 5) is 14.6. The molecule has 1 aromatic heterocycles. The maximum Gasteiger partial charge on any atom is 0.246 e. The van der Waals surface area contributed by atoms with Gasteiger partial charge in [0.2, 0.25) is 5.91 Å². The number of likely N-dealkylation sites (tertiary alicyclic amines) is 1. The molecule has 0 saturated carbocycles. The number of ether oxygens (including phenoxy) is 1. The topological polar surface area (TPSA) is 42.7 Å². The van der Waals surface area contributed by atoms with Gasteiger partial charge >= 0.3 is 0 Å². The van der Waals surface area contributed by atoms with Crippen LogP contribution in [0, 0.1) is 6.92 Å². The zero-order chi connectivity index (χ0) is 22.1. The Balaban J connectivity index is 1.87. The number of aryl methyl sites for hydroxylation is 1. The first-order chi connectivity index (χ1) is 14.9. The fourth-order valence-electron chi connectivity index (χ4n) is 4.15. The molecule has 4 rings (SSSR count). The Hall–Kier alpha value is -2.43. The van der Waals surface area contributed by atoms with Crippen molar-refractivity contribution in [3.05, 3.63) is 57.8 Å². The van der Waals surface area contributed by atoms with Crippen molar-refractivity contribution in [2.24, 2.45) is 0 Å². The number of benzene rings is 2. The molecule has 1 amide bonds. The van der Waals surface area contributed by atoms with Gasteiger partial charge in [0.25, 0.3) is 0 Å². The second-order valence-corrected chi connectivity index (χ2v) is 8.66. The van der Waals surface area contributed by atoms with Crippen molar-refractivity contribution < 1.29 is 13.9 Å². The molecule has 3 aromatic rings. The van der Waals surface area contributed by atoms with Crippen LogP contribution in [0.1, 0.15) is 37.8 Å². The molecule has 4 nitrogen and oxygen atoms in total. The quantitative estimate of drug-likeness (QED) is 0.382. The summed E-state index contributed by atoms with van der Waals surface area (Å²) < 4.78 is 11.9. The Morgan fingerprint density at radius 2 is 1.94 bits per heavy atom. The third-order valence-electron chi connectivity index (χ3n) is 5.74. The van der Waals surface area contributed by atoms with Crippen LogP contribution in [0.25, 0.3) is 27.7 Å². The molecule has 162 valence electrons. The number of rotatable bonds is 5. The number of carbonyl (C=O) groups is 1. The number of halogens is 2. The van der Waals surface area contributed by atoms with Gasteiger partial charge < -0.3 is 14.1 Å². The van der Waals surface area contributed by atoms with Crippen LogP contribution in [0.15, 0.2) is 41.0 Å². The van der Waals surface area contributed by atoms with Crippen LogP contribution >= 0.6 is 23.2 Å². The summed E-state index contributed by atoms with van der Waals surface area (Å²) >= 11 is 12.6. The molecule has 2 aromatic carbocycles. The van der Waals surface area contributed by atoms with Crippen LogP contribution in [0.3, 0.4) is 0 Å². The van der Waals surface area contributed by atoms with E-state index in [1.807, 2.05) is 43.9 Å². The third-order valence-corrected chi connectivity index (χ3v) is 6.28.